The van der Waals surface area contributed by atoms with Crippen LogP contribution in [0.15, 0.2) is 40.9 Å². The van der Waals surface area contributed by atoms with Crippen molar-refractivity contribution < 1.29 is 14.1 Å². The van der Waals surface area contributed by atoms with Gasteiger partial charge in [0.05, 0.1) is 5.69 Å². The number of rotatable bonds is 5. The van der Waals surface area contributed by atoms with Crippen LogP contribution in [0.1, 0.15) is 23.1 Å². The summed E-state index contributed by atoms with van der Waals surface area (Å²) in [6, 6.07) is 9.97. The molecule has 0 bridgehead atoms. The minimum Gasteiger partial charge on any atom is -0.361 e. The number of aryl methyl sites for hydroxylation is 1. The number of carbonyl (C=O) groups excluding carboxylic acids is 2. The van der Waals surface area contributed by atoms with Crippen LogP contribution in [0.5, 0.6) is 0 Å². The zero-order valence-corrected chi connectivity index (χ0v) is 14.7. The monoisotopic (exact) mass is 357 g/mol. The van der Waals surface area contributed by atoms with Crippen molar-refractivity contribution >= 4 is 11.9 Å². The highest BCUT2D eigenvalue weighted by molar-refractivity contribution is 5.96. The van der Waals surface area contributed by atoms with Crippen LogP contribution in [0.4, 0.5) is 4.79 Å². The smallest absolute Gasteiger partial charge is 0.318 e. The predicted molar refractivity (Wildman–Crippen MR) is 95.0 cm³/mol. The first-order chi connectivity index (χ1) is 12.5. The highest BCUT2D eigenvalue weighted by Crippen LogP contribution is 2.23. The Morgan fingerprint density at radius 2 is 1.92 bits per heavy atom. The van der Waals surface area contributed by atoms with Crippen LogP contribution in [-0.4, -0.2) is 53.1 Å². The van der Waals surface area contributed by atoms with E-state index in [0.29, 0.717) is 19.6 Å². The van der Waals surface area contributed by atoms with Gasteiger partial charge in [-0.1, -0.05) is 35.5 Å². The fraction of sp³-hybridized carbons (Fsp3) is 0.389. The summed E-state index contributed by atoms with van der Waals surface area (Å²) in [5.41, 5.74) is 6.88. The molecule has 3 amide bonds. The van der Waals surface area contributed by atoms with Gasteiger partial charge in [-0.05, 0) is 12.5 Å². The molecular weight excluding hydrogens is 334 g/mol. The molecule has 0 radical (unpaired) electrons. The number of carbonyl (C=O) groups is 2. The lowest BCUT2D eigenvalue weighted by molar-refractivity contribution is -0.126. The maximum Gasteiger partial charge on any atom is 0.318 e. The zero-order valence-electron chi connectivity index (χ0n) is 14.7. The molecule has 138 valence electrons. The van der Waals surface area contributed by atoms with Gasteiger partial charge in [0, 0.05) is 38.8 Å². The highest BCUT2D eigenvalue weighted by atomic mass is 16.5. The lowest BCUT2D eigenvalue weighted by Crippen LogP contribution is -2.51. The van der Waals surface area contributed by atoms with E-state index in [2.05, 4.69) is 20.3 Å². The van der Waals surface area contributed by atoms with Crippen LogP contribution >= 0.6 is 0 Å². The lowest BCUT2D eigenvalue weighted by Gasteiger charge is -2.38. The number of benzene rings is 1. The number of urea groups is 1. The van der Waals surface area contributed by atoms with Crippen molar-refractivity contribution in [1.82, 2.24) is 20.3 Å². The van der Waals surface area contributed by atoms with Gasteiger partial charge in [-0.3, -0.25) is 19.9 Å². The fourth-order valence-electron chi connectivity index (χ4n) is 3.25. The average Bonchev–Trinajstić information content (AvgIpc) is 3.02. The van der Waals surface area contributed by atoms with Crippen LogP contribution in [0.3, 0.4) is 0 Å². The Morgan fingerprint density at radius 1 is 1.23 bits per heavy atom. The summed E-state index contributed by atoms with van der Waals surface area (Å²) in [6.45, 7) is 5.56. The molecule has 1 aliphatic rings. The zero-order chi connectivity index (χ0) is 18.5. The second-order valence-electron chi connectivity index (χ2n) is 6.41. The Hall–Kier alpha value is -2.71. The third-order valence-corrected chi connectivity index (χ3v) is 4.44. The SMILES string of the molecule is Cc1cc(CN2CCN([C@@H](C(=O)NC(N)=O)c3ccccc3)CC2)no1. The van der Waals surface area contributed by atoms with E-state index < -0.39 is 18.0 Å². The molecule has 3 rings (SSSR count). The van der Waals surface area contributed by atoms with Gasteiger partial charge in [0.1, 0.15) is 11.8 Å². The third-order valence-electron chi connectivity index (χ3n) is 4.44. The lowest BCUT2D eigenvalue weighted by atomic mass is 10.0. The number of imide groups is 1. The van der Waals surface area contributed by atoms with Gasteiger partial charge in [0.25, 0.3) is 0 Å². The Kier molecular flexibility index (Phi) is 5.65. The quantitative estimate of drug-likeness (QED) is 0.828. The number of nitrogens with zero attached hydrogens (tertiary/aromatic N) is 3. The van der Waals surface area contributed by atoms with Crippen LogP contribution < -0.4 is 11.1 Å². The Balaban J connectivity index is 1.66. The predicted octanol–water partition coefficient (Wildman–Crippen LogP) is 1.04. The molecule has 3 N–H and O–H groups in total. The van der Waals surface area contributed by atoms with Crippen molar-refractivity contribution in [2.75, 3.05) is 26.2 Å². The van der Waals surface area contributed by atoms with Crippen molar-refractivity contribution in [3.8, 4) is 0 Å². The first-order valence-electron chi connectivity index (χ1n) is 8.57. The van der Waals surface area contributed by atoms with E-state index in [1.165, 1.54) is 0 Å². The van der Waals surface area contributed by atoms with Crippen molar-refractivity contribution in [2.45, 2.75) is 19.5 Å². The molecule has 1 saturated heterocycles. The topological polar surface area (TPSA) is 105 Å². The Morgan fingerprint density at radius 3 is 2.50 bits per heavy atom. The van der Waals surface area contributed by atoms with Gasteiger partial charge in [0.15, 0.2) is 0 Å². The van der Waals surface area contributed by atoms with Gasteiger partial charge in [0.2, 0.25) is 5.91 Å². The normalized spacial score (nSPS) is 17.0. The van der Waals surface area contributed by atoms with Gasteiger partial charge in [-0.25, -0.2) is 4.79 Å². The van der Waals surface area contributed by atoms with Crippen molar-refractivity contribution in [3.05, 3.63) is 53.4 Å². The summed E-state index contributed by atoms with van der Waals surface area (Å²) in [7, 11) is 0. The van der Waals surface area contributed by atoms with E-state index in [1.807, 2.05) is 43.3 Å². The first-order valence-corrected chi connectivity index (χ1v) is 8.57. The van der Waals surface area contributed by atoms with Gasteiger partial charge in [-0.2, -0.15) is 0 Å². The number of hydrogen-bond donors (Lipinski definition) is 2. The van der Waals surface area contributed by atoms with E-state index in [0.717, 1.165) is 30.1 Å². The molecule has 0 spiro atoms. The standard InChI is InChI=1S/C18H23N5O3/c1-13-11-15(21-26-13)12-22-7-9-23(10-8-22)16(17(24)20-18(19)25)14-5-3-2-4-6-14/h2-6,11,16H,7-10,12H2,1H3,(H3,19,20,24,25)/t16-/m1/s1. The summed E-state index contributed by atoms with van der Waals surface area (Å²) >= 11 is 0. The molecule has 0 unspecified atom stereocenters. The maximum atomic E-state index is 12.5. The van der Waals surface area contributed by atoms with E-state index in [4.69, 9.17) is 10.3 Å². The van der Waals surface area contributed by atoms with Crippen molar-refractivity contribution in [3.63, 3.8) is 0 Å². The van der Waals surface area contributed by atoms with E-state index in [-0.39, 0.29) is 0 Å². The fourth-order valence-corrected chi connectivity index (χ4v) is 3.25. The summed E-state index contributed by atoms with van der Waals surface area (Å²) < 4.78 is 5.11. The van der Waals surface area contributed by atoms with E-state index in [9.17, 15) is 9.59 Å². The number of amides is 3. The van der Waals surface area contributed by atoms with Crippen molar-refractivity contribution in [2.24, 2.45) is 5.73 Å². The number of nitrogens with two attached hydrogens (primary N) is 1. The first kappa shape index (κ1) is 18.1. The Labute approximate surface area is 151 Å². The molecule has 26 heavy (non-hydrogen) atoms. The second-order valence-corrected chi connectivity index (χ2v) is 6.41. The average molecular weight is 357 g/mol. The molecule has 1 fully saturated rings. The van der Waals surface area contributed by atoms with E-state index >= 15 is 0 Å². The Bertz CT molecular complexity index is 753. The molecule has 0 aliphatic carbocycles. The molecule has 2 aromatic rings. The summed E-state index contributed by atoms with van der Waals surface area (Å²) in [4.78, 5) is 28.0. The number of nitrogens with one attached hydrogen (secondary N) is 1. The minimum absolute atomic E-state index is 0.399. The summed E-state index contributed by atoms with van der Waals surface area (Å²) in [6.07, 6.45) is 0. The summed E-state index contributed by atoms with van der Waals surface area (Å²) in [5.74, 6) is 0.398. The highest BCUT2D eigenvalue weighted by Gasteiger charge is 2.31. The number of hydrogen-bond acceptors (Lipinski definition) is 6. The largest absolute Gasteiger partial charge is 0.361 e. The van der Waals surface area contributed by atoms with Gasteiger partial charge in [-0.15, -0.1) is 0 Å². The van der Waals surface area contributed by atoms with Crippen LogP contribution in [-0.2, 0) is 11.3 Å². The molecule has 1 aromatic carbocycles. The van der Waals surface area contributed by atoms with E-state index in [1.54, 1.807) is 0 Å². The van der Waals surface area contributed by atoms with Crippen LogP contribution in [0.2, 0.25) is 0 Å². The molecular formula is C18H23N5O3. The molecule has 8 nitrogen and oxygen atoms in total. The van der Waals surface area contributed by atoms with Crippen LogP contribution in [0, 0.1) is 6.92 Å². The molecule has 0 saturated carbocycles. The van der Waals surface area contributed by atoms with Crippen molar-refractivity contribution in [1.29, 1.82) is 0 Å². The second kappa shape index (κ2) is 8.11. The van der Waals surface area contributed by atoms with Gasteiger partial charge >= 0.3 is 6.03 Å². The van der Waals surface area contributed by atoms with Gasteiger partial charge < -0.3 is 10.3 Å². The maximum absolute atomic E-state index is 12.5. The molecule has 1 aromatic heterocycles. The van der Waals surface area contributed by atoms with Crippen LogP contribution in [0.25, 0.3) is 0 Å². The number of primary amides is 1. The molecule has 8 heteroatoms. The molecule has 1 atom stereocenters. The number of piperazine rings is 1. The third kappa shape index (κ3) is 4.47. The molecule has 1 aliphatic heterocycles. The molecule has 2 heterocycles. The summed E-state index contributed by atoms with van der Waals surface area (Å²) in [5, 5.41) is 6.24. The minimum atomic E-state index is -0.837. The number of aromatic nitrogens is 1.